The Hall–Kier alpha value is -4.20. The van der Waals surface area contributed by atoms with Gasteiger partial charge in [0, 0.05) is 36.8 Å². The molecule has 1 aliphatic rings. The Morgan fingerprint density at radius 3 is 2.40 bits per heavy atom. The number of para-hydroxylation sites is 1. The van der Waals surface area contributed by atoms with Crippen molar-refractivity contribution in [3.63, 3.8) is 0 Å². The van der Waals surface area contributed by atoms with Gasteiger partial charge in [-0.1, -0.05) is 12.1 Å². The molecule has 14 heteroatoms. The van der Waals surface area contributed by atoms with Gasteiger partial charge in [-0.15, -0.1) is 0 Å². The molecule has 9 nitrogen and oxygen atoms in total. The molecule has 1 atom stereocenters. The minimum Gasteiger partial charge on any atom is -0.474 e. The van der Waals surface area contributed by atoms with Crippen LogP contribution < -0.4 is 10.1 Å². The van der Waals surface area contributed by atoms with Crippen molar-refractivity contribution < 1.29 is 41.4 Å². The van der Waals surface area contributed by atoms with E-state index in [0.29, 0.717) is 24.4 Å². The molecule has 0 radical (unpaired) electrons. The summed E-state index contributed by atoms with van der Waals surface area (Å²) in [5.41, 5.74) is -3.78. The summed E-state index contributed by atoms with van der Waals surface area (Å²) < 4.78 is 72.1. The number of aliphatic hydroxyl groups is 1. The number of amides is 2. The quantitative estimate of drug-likeness (QED) is 0.323. The molecule has 212 valence electrons. The third-order valence-electron chi connectivity index (χ3n) is 6.42. The van der Waals surface area contributed by atoms with Crippen LogP contribution in [0.5, 0.6) is 5.88 Å². The number of anilines is 1. The topological polar surface area (TPSA) is 118 Å². The molecule has 40 heavy (non-hydrogen) atoms. The molecular formula is C26H24F5N5O4. The largest absolute Gasteiger partial charge is 0.474 e. The minimum atomic E-state index is -4.71. The monoisotopic (exact) mass is 565 g/mol. The number of halogens is 5. The van der Waals surface area contributed by atoms with E-state index in [-0.39, 0.29) is 30.9 Å². The van der Waals surface area contributed by atoms with Crippen LogP contribution in [0.25, 0.3) is 0 Å². The summed E-state index contributed by atoms with van der Waals surface area (Å²) >= 11 is 0. The van der Waals surface area contributed by atoms with Crippen molar-refractivity contribution in [3.05, 3.63) is 77.0 Å². The van der Waals surface area contributed by atoms with Crippen LogP contribution in [0.1, 0.15) is 41.5 Å². The zero-order chi connectivity index (χ0) is 29.1. The predicted octanol–water partition coefficient (Wildman–Crippen LogP) is 4.35. The first-order valence-electron chi connectivity index (χ1n) is 12.1. The Labute approximate surface area is 225 Å². The van der Waals surface area contributed by atoms with Crippen molar-refractivity contribution in [2.24, 2.45) is 0 Å². The van der Waals surface area contributed by atoms with E-state index in [4.69, 9.17) is 4.74 Å². The zero-order valence-corrected chi connectivity index (χ0v) is 21.1. The van der Waals surface area contributed by atoms with E-state index in [2.05, 4.69) is 20.3 Å². The summed E-state index contributed by atoms with van der Waals surface area (Å²) in [5, 5.41) is 13.4. The first-order chi connectivity index (χ1) is 18.9. The number of alkyl halides is 3. The third kappa shape index (κ3) is 6.33. The fraction of sp³-hybridized carbons (Fsp3) is 0.346. The highest BCUT2D eigenvalue weighted by atomic mass is 19.4. The van der Waals surface area contributed by atoms with E-state index in [9.17, 15) is 36.6 Å². The average Bonchev–Trinajstić information content (AvgIpc) is 2.93. The number of hydrogen-bond donors (Lipinski definition) is 2. The highest BCUT2D eigenvalue weighted by Crippen LogP contribution is 2.34. The molecule has 2 amide bonds. The van der Waals surface area contributed by atoms with Gasteiger partial charge < -0.3 is 20.1 Å². The van der Waals surface area contributed by atoms with Crippen LogP contribution in [0, 0.1) is 18.6 Å². The molecular weight excluding hydrogens is 541 g/mol. The van der Waals surface area contributed by atoms with Crippen LogP contribution in [0.2, 0.25) is 0 Å². The van der Waals surface area contributed by atoms with Gasteiger partial charge >= 0.3 is 12.2 Å². The number of pyridine rings is 1. The molecule has 1 unspecified atom stereocenters. The maximum Gasteiger partial charge on any atom is 0.433 e. The second-order valence-electron chi connectivity index (χ2n) is 9.19. The van der Waals surface area contributed by atoms with Crippen LogP contribution in [-0.4, -0.2) is 57.0 Å². The highest BCUT2D eigenvalue weighted by molar-refractivity contribution is 5.89. The first kappa shape index (κ1) is 28.8. The van der Waals surface area contributed by atoms with E-state index in [1.54, 1.807) is 6.92 Å². The van der Waals surface area contributed by atoms with Crippen molar-refractivity contribution in [3.8, 4) is 5.88 Å². The van der Waals surface area contributed by atoms with Gasteiger partial charge in [0.05, 0.1) is 5.69 Å². The molecule has 1 aliphatic heterocycles. The number of aldehydes is 1. The van der Waals surface area contributed by atoms with Gasteiger partial charge in [-0.2, -0.15) is 13.2 Å². The molecule has 1 aromatic carbocycles. The first-order valence-corrected chi connectivity index (χ1v) is 12.1. The molecule has 1 saturated heterocycles. The molecule has 3 heterocycles. The number of aromatic nitrogens is 3. The molecule has 1 fully saturated rings. The van der Waals surface area contributed by atoms with Crippen LogP contribution >= 0.6 is 0 Å². The number of urea groups is 1. The number of nitrogens with zero attached hydrogens (tertiary/aromatic N) is 4. The van der Waals surface area contributed by atoms with Crippen LogP contribution in [0.15, 0.2) is 42.6 Å². The summed E-state index contributed by atoms with van der Waals surface area (Å²) in [6.45, 7) is 1.17. The normalized spacial score (nSPS) is 15.8. The summed E-state index contributed by atoms with van der Waals surface area (Å²) in [6.07, 6.45) is -2.64. The van der Waals surface area contributed by atoms with Gasteiger partial charge in [-0.25, -0.2) is 28.5 Å². The van der Waals surface area contributed by atoms with Gasteiger partial charge in [-0.05, 0) is 38.0 Å². The number of nitrogens with one attached hydrogen (secondary N) is 1. The molecule has 2 aromatic heterocycles. The van der Waals surface area contributed by atoms with Crippen LogP contribution in [0.4, 0.5) is 32.4 Å². The van der Waals surface area contributed by atoms with Crippen molar-refractivity contribution in [2.75, 3.05) is 25.0 Å². The fourth-order valence-corrected chi connectivity index (χ4v) is 4.30. The number of likely N-dealkylation sites (tertiary alicyclic amines) is 1. The molecule has 0 spiro atoms. The minimum absolute atomic E-state index is 0.00333. The van der Waals surface area contributed by atoms with Gasteiger partial charge in [0.25, 0.3) is 0 Å². The van der Waals surface area contributed by atoms with Gasteiger partial charge in [0.2, 0.25) is 5.88 Å². The Morgan fingerprint density at radius 1 is 1.12 bits per heavy atom. The molecule has 0 saturated carbocycles. The Bertz CT molecular complexity index is 1380. The predicted molar refractivity (Wildman–Crippen MR) is 130 cm³/mol. The Kier molecular flexibility index (Phi) is 8.28. The smallest absolute Gasteiger partial charge is 0.433 e. The SMILES string of the molecule is Cc1ncc(C(O)(C=O)COc2cccc(C(F)(F)F)n2)c(C2CCN(C(=O)Nc3c(F)cccc3F)CC2)n1. The second-order valence-corrected chi connectivity index (χ2v) is 9.19. The van der Waals surface area contributed by atoms with Gasteiger partial charge in [0.1, 0.15) is 35.4 Å². The Balaban J connectivity index is 1.49. The molecule has 0 aliphatic carbocycles. The summed E-state index contributed by atoms with van der Waals surface area (Å²) in [4.78, 5) is 37.9. The third-order valence-corrected chi connectivity index (χ3v) is 6.42. The summed E-state index contributed by atoms with van der Waals surface area (Å²) in [7, 11) is 0. The summed E-state index contributed by atoms with van der Waals surface area (Å²) in [5.74, 6) is -2.30. The lowest BCUT2D eigenvalue weighted by atomic mass is 9.85. The number of carbonyl (C=O) groups excluding carboxylic acids is 2. The van der Waals surface area contributed by atoms with Crippen LogP contribution in [0.3, 0.4) is 0 Å². The van der Waals surface area contributed by atoms with Crippen molar-refractivity contribution in [1.29, 1.82) is 0 Å². The average molecular weight is 565 g/mol. The number of piperidine rings is 1. The van der Waals surface area contributed by atoms with Gasteiger partial charge in [0.15, 0.2) is 11.9 Å². The maximum absolute atomic E-state index is 13.9. The Morgan fingerprint density at radius 2 is 1.77 bits per heavy atom. The second kappa shape index (κ2) is 11.5. The van der Waals surface area contributed by atoms with E-state index >= 15 is 0 Å². The molecule has 0 bridgehead atoms. The van der Waals surface area contributed by atoms with Crippen molar-refractivity contribution in [2.45, 2.75) is 37.5 Å². The van der Waals surface area contributed by atoms with E-state index in [1.807, 2.05) is 0 Å². The van der Waals surface area contributed by atoms with Gasteiger partial charge in [-0.3, -0.25) is 4.79 Å². The molecule has 4 rings (SSSR count). The lowest BCUT2D eigenvalue weighted by molar-refractivity contribution is -0.141. The maximum atomic E-state index is 13.9. The fourth-order valence-electron chi connectivity index (χ4n) is 4.30. The number of ether oxygens (including phenoxy) is 1. The molecule has 2 N–H and O–H groups in total. The van der Waals surface area contributed by atoms with Crippen molar-refractivity contribution in [1.82, 2.24) is 19.9 Å². The number of carbonyl (C=O) groups is 2. The van der Waals surface area contributed by atoms with Crippen LogP contribution in [-0.2, 0) is 16.6 Å². The number of hydrogen-bond acceptors (Lipinski definition) is 7. The lowest BCUT2D eigenvalue weighted by Gasteiger charge is -2.34. The number of benzene rings is 1. The zero-order valence-electron chi connectivity index (χ0n) is 21.1. The number of aryl methyl sites for hydroxylation is 1. The van der Waals surface area contributed by atoms with E-state index in [1.165, 1.54) is 17.2 Å². The highest BCUT2D eigenvalue weighted by Gasteiger charge is 2.38. The van der Waals surface area contributed by atoms with Crippen molar-refractivity contribution >= 4 is 18.0 Å². The molecule has 3 aromatic rings. The lowest BCUT2D eigenvalue weighted by Crippen LogP contribution is -2.42. The summed E-state index contributed by atoms with van der Waals surface area (Å²) in [6, 6.07) is 5.50. The van der Waals surface area contributed by atoms with E-state index in [0.717, 1.165) is 30.3 Å². The van der Waals surface area contributed by atoms with E-state index < -0.39 is 53.3 Å². The number of rotatable bonds is 7. The standard InChI is InChI=1S/C26H24F5N5O4/c1-15-32-12-17(25(39,13-37)14-40-21-7-3-6-20(34-21)26(29,30)31)22(33-15)16-8-10-36(11-9-16)24(38)35-23-18(27)4-2-5-19(23)28/h2-7,12-13,16,39H,8-11,14H2,1H3,(H,35,38).